The van der Waals surface area contributed by atoms with Crippen LogP contribution in [0.15, 0.2) is 0 Å². The van der Waals surface area contributed by atoms with Crippen LogP contribution in [0.25, 0.3) is 0 Å². The zero-order valence-corrected chi connectivity index (χ0v) is 9.84. The molecule has 0 amide bonds. The van der Waals surface area contributed by atoms with Crippen molar-refractivity contribution in [2.45, 2.75) is 31.7 Å². The van der Waals surface area contributed by atoms with E-state index in [1.54, 1.807) is 0 Å². The average molecular weight is 229 g/mol. The third-order valence-electron chi connectivity index (χ3n) is 3.51. The van der Waals surface area contributed by atoms with Crippen molar-refractivity contribution in [1.29, 1.82) is 0 Å². The molecule has 0 spiro atoms. The lowest BCUT2D eigenvalue weighted by Crippen LogP contribution is -2.33. The largest absolute Gasteiger partial charge is 0.481 e. The SMILES string of the molecule is O=C(O)CCC1CCN(C2CCSC2)C1. The average Bonchev–Trinajstić information content (AvgIpc) is 2.85. The van der Waals surface area contributed by atoms with E-state index in [-0.39, 0.29) is 0 Å². The second-order valence-electron chi connectivity index (χ2n) is 4.60. The summed E-state index contributed by atoms with van der Waals surface area (Å²) in [4.78, 5) is 13.1. The number of carbonyl (C=O) groups is 1. The van der Waals surface area contributed by atoms with Gasteiger partial charge in [-0.2, -0.15) is 11.8 Å². The van der Waals surface area contributed by atoms with Crippen LogP contribution in [0.2, 0.25) is 0 Å². The van der Waals surface area contributed by atoms with Gasteiger partial charge < -0.3 is 5.11 Å². The predicted octanol–water partition coefficient (Wildman–Crippen LogP) is 1.68. The molecule has 0 aromatic rings. The highest BCUT2D eigenvalue weighted by Crippen LogP contribution is 2.29. The predicted molar refractivity (Wildman–Crippen MR) is 62.3 cm³/mol. The lowest BCUT2D eigenvalue weighted by atomic mass is 10.0. The van der Waals surface area contributed by atoms with E-state index in [9.17, 15) is 4.79 Å². The Bertz CT molecular complexity index is 229. The van der Waals surface area contributed by atoms with Crippen molar-refractivity contribution < 1.29 is 9.90 Å². The Hall–Kier alpha value is -0.220. The minimum Gasteiger partial charge on any atom is -0.481 e. The molecule has 3 nitrogen and oxygen atoms in total. The number of hydrogen-bond donors (Lipinski definition) is 1. The standard InChI is InChI=1S/C11H19NO2S/c13-11(14)2-1-9-3-5-12(7-9)10-4-6-15-8-10/h9-10H,1-8H2,(H,13,14). The van der Waals surface area contributed by atoms with Gasteiger partial charge in [0.25, 0.3) is 0 Å². The van der Waals surface area contributed by atoms with E-state index in [1.807, 2.05) is 0 Å². The fraction of sp³-hybridized carbons (Fsp3) is 0.909. The minimum absolute atomic E-state index is 0.345. The van der Waals surface area contributed by atoms with Gasteiger partial charge >= 0.3 is 5.97 Å². The van der Waals surface area contributed by atoms with E-state index in [0.717, 1.165) is 19.0 Å². The van der Waals surface area contributed by atoms with Gasteiger partial charge in [-0.3, -0.25) is 9.69 Å². The summed E-state index contributed by atoms with van der Waals surface area (Å²) >= 11 is 2.05. The summed E-state index contributed by atoms with van der Waals surface area (Å²) in [6, 6.07) is 0.782. The summed E-state index contributed by atoms with van der Waals surface area (Å²) in [5.74, 6) is 2.57. The molecule has 2 fully saturated rings. The third-order valence-corrected chi connectivity index (χ3v) is 4.65. The molecule has 0 aromatic heterocycles. The van der Waals surface area contributed by atoms with Crippen LogP contribution in [-0.2, 0) is 4.79 Å². The second-order valence-corrected chi connectivity index (χ2v) is 5.75. The van der Waals surface area contributed by atoms with E-state index < -0.39 is 5.97 Å². The molecule has 1 N–H and O–H groups in total. The molecule has 86 valence electrons. The number of carboxylic acids is 1. The normalized spacial score (nSPS) is 32.3. The quantitative estimate of drug-likeness (QED) is 0.796. The number of thioether (sulfide) groups is 1. The molecule has 0 aliphatic carbocycles. The van der Waals surface area contributed by atoms with Crippen molar-refractivity contribution in [3.05, 3.63) is 0 Å². The fourth-order valence-corrected chi connectivity index (χ4v) is 3.82. The molecule has 15 heavy (non-hydrogen) atoms. The van der Waals surface area contributed by atoms with Gasteiger partial charge in [0.1, 0.15) is 0 Å². The van der Waals surface area contributed by atoms with Crippen molar-refractivity contribution >= 4 is 17.7 Å². The summed E-state index contributed by atoms with van der Waals surface area (Å²) in [5, 5.41) is 8.63. The van der Waals surface area contributed by atoms with Gasteiger partial charge in [0.2, 0.25) is 0 Å². The van der Waals surface area contributed by atoms with E-state index in [0.29, 0.717) is 12.3 Å². The van der Waals surface area contributed by atoms with Crippen LogP contribution in [0.1, 0.15) is 25.7 Å². The van der Waals surface area contributed by atoms with Crippen LogP contribution in [-0.4, -0.2) is 46.6 Å². The number of likely N-dealkylation sites (tertiary alicyclic amines) is 1. The summed E-state index contributed by atoms with van der Waals surface area (Å²) < 4.78 is 0. The Morgan fingerprint density at radius 2 is 2.33 bits per heavy atom. The number of nitrogens with zero attached hydrogens (tertiary/aromatic N) is 1. The first-order valence-electron chi connectivity index (χ1n) is 5.79. The molecule has 0 aromatic carbocycles. The molecule has 2 aliphatic rings. The summed E-state index contributed by atoms with van der Waals surface area (Å²) in [7, 11) is 0. The lowest BCUT2D eigenvalue weighted by Gasteiger charge is -2.22. The van der Waals surface area contributed by atoms with E-state index in [4.69, 9.17) is 5.11 Å². The van der Waals surface area contributed by atoms with Crippen LogP contribution in [0.3, 0.4) is 0 Å². The molecule has 2 rings (SSSR count). The topological polar surface area (TPSA) is 40.5 Å². The highest BCUT2D eigenvalue weighted by Gasteiger charge is 2.30. The fourth-order valence-electron chi connectivity index (χ4n) is 2.57. The lowest BCUT2D eigenvalue weighted by molar-refractivity contribution is -0.137. The molecule has 2 unspecified atom stereocenters. The Labute approximate surface area is 95.2 Å². The monoisotopic (exact) mass is 229 g/mol. The molecule has 0 radical (unpaired) electrons. The molecule has 2 atom stereocenters. The van der Waals surface area contributed by atoms with Crippen LogP contribution in [0, 0.1) is 5.92 Å². The second kappa shape index (κ2) is 5.21. The third kappa shape index (κ3) is 3.11. The van der Waals surface area contributed by atoms with E-state index in [1.165, 1.54) is 30.9 Å². The molecule has 0 bridgehead atoms. The molecule has 4 heteroatoms. The Morgan fingerprint density at radius 1 is 1.47 bits per heavy atom. The van der Waals surface area contributed by atoms with Gasteiger partial charge in [-0.15, -0.1) is 0 Å². The zero-order chi connectivity index (χ0) is 10.7. The molecular formula is C11H19NO2S. The molecule has 2 saturated heterocycles. The summed E-state index contributed by atoms with van der Waals surface area (Å²) in [5.41, 5.74) is 0. The molecule has 2 aliphatic heterocycles. The van der Waals surface area contributed by atoms with Crippen molar-refractivity contribution in [1.82, 2.24) is 4.90 Å². The van der Waals surface area contributed by atoms with Gasteiger partial charge in [0, 0.05) is 24.8 Å². The first-order valence-corrected chi connectivity index (χ1v) is 6.95. The Kier molecular flexibility index (Phi) is 3.92. The smallest absolute Gasteiger partial charge is 0.303 e. The highest BCUT2D eigenvalue weighted by atomic mass is 32.2. The molecule has 2 heterocycles. The maximum atomic E-state index is 10.5. The van der Waals surface area contributed by atoms with Gasteiger partial charge in [0.15, 0.2) is 0 Å². The summed E-state index contributed by atoms with van der Waals surface area (Å²) in [6.07, 6.45) is 3.74. The van der Waals surface area contributed by atoms with Crippen LogP contribution >= 0.6 is 11.8 Å². The Balaban J connectivity index is 1.71. The van der Waals surface area contributed by atoms with Crippen molar-refractivity contribution in [2.75, 3.05) is 24.6 Å². The number of carboxylic acid groups (broad SMARTS) is 1. The maximum absolute atomic E-state index is 10.5. The van der Waals surface area contributed by atoms with Gasteiger partial charge in [-0.25, -0.2) is 0 Å². The highest BCUT2D eigenvalue weighted by molar-refractivity contribution is 7.99. The zero-order valence-electron chi connectivity index (χ0n) is 9.02. The van der Waals surface area contributed by atoms with Gasteiger partial charge in [-0.05, 0) is 37.5 Å². The van der Waals surface area contributed by atoms with Crippen molar-refractivity contribution in [3.63, 3.8) is 0 Å². The van der Waals surface area contributed by atoms with Gasteiger partial charge in [0.05, 0.1) is 0 Å². The van der Waals surface area contributed by atoms with Crippen LogP contribution in [0.4, 0.5) is 0 Å². The van der Waals surface area contributed by atoms with E-state index >= 15 is 0 Å². The minimum atomic E-state index is -0.648. The van der Waals surface area contributed by atoms with Crippen molar-refractivity contribution in [2.24, 2.45) is 5.92 Å². The maximum Gasteiger partial charge on any atom is 0.303 e. The van der Waals surface area contributed by atoms with Gasteiger partial charge in [-0.1, -0.05) is 0 Å². The first kappa shape index (κ1) is 11.3. The van der Waals surface area contributed by atoms with Crippen molar-refractivity contribution in [3.8, 4) is 0 Å². The Morgan fingerprint density at radius 3 is 3.00 bits per heavy atom. The number of rotatable bonds is 4. The number of aliphatic carboxylic acids is 1. The van der Waals surface area contributed by atoms with E-state index in [2.05, 4.69) is 16.7 Å². The number of hydrogen-bond acceptors (Lipinski definition) is 3. The molecule has 0 saturated carbocycles. The summed E-state index contributed by atoms with van der Waals surface area (Å²) in [6.45, 7) is 2.33. The first-order chi connectivity index (χ1) is 7.25. The van der Waals surface area contributed by atoms with Crippen LogP contribution < -0.4 is 0 Å². The van der Waals surface area contributed by atoms with Crippen LogP contribution in [0.5, 0.6) is 0 Å². The molecular weight excluding hydrogens is 210 g/mol.